The third kappa shape index (κ3) is 4.48. The Kier molecular flexibility index (Phi) is 4.95. The fourth-order valence-corrected chi connectivity index (χ4v) is 3.64. The maximum absolute atomic E-state index is 13.6. The lowest BCUT2D eigenvalue weighted by Crippen LogP contribution is -2.56. The molecule has 2 aliphatic heterocycles. The van der Waals surface area contributed by atoms with Crippen molar-refractivity contribution in [2.75, 3.05) is 41.7 Å². The molecular weight excluding hydrogens is 423 g/mol. The summed E-state index contributed by atoms with van der Waals surface area (Å²) in [5.41, 5.74) is 3.16. The van der Waals surface area contributed by atoms with E-state index < -0.39 is 36.4 Å². The zero-order valence-electron chi connectivity index (χ0n) is 16.6. The molecule has 0 aliphatic carbocycles. The molecule has 0 saturated carbocycles. The Labute approximate surface area is 174 Å². The van der Waals surface area contributed by atoms with Gasteiger partial charge in [-0.1, -0.05) is 0 Å². The molecule has 0 aromatic carbocycles. The number of hydrogen-bond donors (Lipinski definition) is 2. The van der Waals surface area contributed by atoms with Crippen LogP contribution in [0.1, 0.15) is 25.3 Å². The van der Waals surface area contributed by atoms with Crippen LogP contribution in [0.2, 0.25) is 0 Å². The summed E-state index contributed by atoms with van der Waals surface area (Å²) < 4.78 is 67.7. The van der Waals surface area contributed by atoms with Crippen LogP contribution in [0.5, 0.6) is 0 Å². The summed E-state index contributed by atoms with van der Waals surface area (Å²) in [6.45, 7) is 1.29. The van der Waals surface area contributed by atoms with Gasteiger partial charge in [-0.15, -0.1) is 0 Å². The molecule has 0 bridgehead atoms. The first-order valence-electron chi connectivity index (χ1n) is 9.65. The van der Waals surface area contributed by atoms with E-state index in [2.05, 4.69) is 15.0 Å². The molecule has 0 unspecified atom stereocenters. The Morgan fingerprint density at radius 2 is 1.71 bits per heavy atom. The van der Waals surface area contributed by atoms with Gasteiger partial charge in [0.05, 0.1) is 29.9 Å². The maximum Gasteiger partial charge on any atom is 0.417 e. The first-order valence-corrected chi connectivity index (χ1v) is 9.65. The summed E-state index contributed by atoms with van der Waals surface area (Å²) in [5.74, 6) is -2.96. The number of aliphatic hydroxyl groups is 1. The molecule has 12 heteroatoms. The van der Waals surface area contributed by atoms with Gasteiger partial charge >= 0.3 is 6.18 Å². The molecule has 0 spiro atoms. The zero-order valence-corrected chi connectivity index (χ0v) is 16.6. The summed E-state index contributed by atoms with van der Waals surface area (Å²) >= 11 is 0. The van der Waals surface area contributed by atoms with Gasteiger partial charge in [0.15, 0.2) is 0 Å². The van der Waals surface area contributed by atoms with E-state index in [-0.39, 0.29) is 28.8 Å². The maximum atomic E-state index is 13.6. The van der Waals surface area contributed by atoms with Gasteiger partial charge in [-0.2, -0.15) is 18.2 Å². The first kappa shape index (κ1) is 21.5. The molecule has 168 valence electrons. The van der Waals surface area contributed by atoms with Crippen LogP contribution in [0.25, 0.3) is 11.3 Å². The highest BCUT2D eigenvalue weighted by molar-refractivity contribution is 5.70. The lowest BCUT2D eigenvalue weighted by molar-refractivity contribution is -0.137. The van der Waals surface area contributed by atoms with Gasteiger partial charge < -0.3 is 20.6 Å². The van der Waals surface area contributed by atoms with Crippen molar-refractivity contribution >= 4 is 17.6 Å². The van der Waals surface area contributed by atoms with Gasteiger partial charge in [-0.25, -0.2) is 18.7 Å². The Morgan fingerprint density at radius 1 is 1.06 bits per heavy atom. The van der Waals surface area contributed by atoms with E-state index in [1.807, 2.05) is 0 Å². The minimum atomic E-state index is -4.72. The standard InChI is InChI=1S/C19H21F5N6O/c1-17(31)2-4-29(5-3-17)16-27-13(7-15(28-16)30-9-18(20,21)10-30)11-8-26-14(25)6-12(11)19(22,23)24/h6-8,31H,2-5,9-10H2,1H3,(H2,25,26). The molecule has 2 aromatic rings. The first-order chi connectivity index (χ1) is 14.3. The summed E-state index contributed by atoms with van der Waals surface area (Å²) in [6, 6.07) is 1.97. The molecule has 3 N–H and O–H groups in total. The average molecular weight is 444 g/mol. The van der Waals surface area contributed by atoms with E-state index in [1.54, 1.807) is 11.8 Å². The van der Waals surface area contributed by atoms with E-state index in [0.717, 1.165) is 6.20 Å². The second-order valence-corrected chi connectivity index (χ2v) is 8.26. The molecular formula is C19H21F5N6O. The summed E-state index contributed by atoms with van der Waals surface area (Å²) in [6.07, 6.45) is -2.92. The molecule has 31 heavy (non-hydrogen) atoms. The Hall–Kier alpha value is -2.76. The van der Waals surface area contributed by atoms with Crippen LogP contribution in [0.3, 0.4) is 0 Å². The number of nitrogens with zero attached hydrogens (tertiary/aromatic N) is 5. The van der Waals surface area contributed by atoms with Crippen LogP contribution >= 0.6 is 0 Å². The van der Waals surface area contributed by atoms with Crippen LogP contribution in [0.4, 0.5) is 39.5 Å². The number of hydrogen-bond acceptors (Lipinski definition) is 7. The van der Waals surface area contributed by atoms with Gasteiger partial charge in [0.2, 0.25) is 5.95 Å². The molecule has 0 amide bonds. The minimum absolute atomic E-state index is 0.0904. The summed E-state index contributed by atoms with van der Waals surface area (Å²) in [5, 5.41) is 10.2. The van der Waals surface area contributed by atoms with Crippen LogP contribution in [0, 0.1) is 0 Å². The third-order valence-corrected chi connectivity index (χ3v) is 5.50. The third-order valence-electron chi connectivity index (χ3n) is 5.50. The number of anilines is 3. The SMILES string of the molecule is CC1(O)CCN(c2nc(-c3cnc(N)cc3C(F)(F)F)cc(N3CC(F)(F)C3)n2)CC1. The molecule has 4 heterocycles. The monoisotopic (exact) mass is 444 g/mol. The topological polar surface area (TPSA) is 91.4 Å². The van der Waals surface area contributed by atoms with Crippen LogP contribution in [-0.4, -0.2) is 57.8 Å². The van der Waals surface area contributed by atoms with Gasteiger partial charge in [-0.3, -0.25) is 0 Å². The van der Waals surface area contributed by atoms with Crippen molar-refractivity contribution in [1.29, 1.82) is 0 Å². The van der Waals surface area contributed by atoms with Crippen molar-refractivity contribution in [2.45, 2.75) is 37.5 Å². The quantitative estimate of drug-likeness (QED) is 0.704. The van der Waals surface area contributed by atoms with Crippen molar-refractivity contribution in [3.63, 3.8) is 0 Å². The number of nitrogen functional groups attached to an aromatic ring is 1. The molecule has 2 fully saturated rings. The van der Waals surface area contributed by atoms with E-state index in [1.165, 1.54) is 11.0 Å². The van der Waals surface area contributed by atoms with Crippen molar-refractivity contribution in [2.24, 2.45) is 0 Å². The van der Waals surface area contributed by atoms with Crippen LogP contribution < -0.4 is 15.5 Å². The normalized spacial score (nSPS) is 20.5. The van der Waals surface area contributed by atoms with Gasteiger partial charge in [0.1, 0.15) is 11.6 Å². The predicted octanol–water partition coefficient (Wildman–Crippen LogP) is 2.95. The largest absolute Gasteiger partial charge is 0.417 e. The van der Waals surface area contributed by atoms with Crippen molar-refractivity contribution in [3.05, 3.63) is 23.9 Å². The Balaban J connectivity index is 1.78. The van der Waals surface area contributed by atoms with E-state index in [4.69, 9.17) is 5.73 Å². The number of aromatic nitrogens is 3. The number of piperidine rings is 1. The highest BCUT2D eigenvalue weighted by atomic mass is 19.4. The van der Waals surface area contributed by atoms with Crippen molar-refractivity contribution in [1.82, 2.24) is 15.0 Å². The zero-order chi connectivity index (χ0) is 22.6. The van der Waals surface area contributed by atoms with E-state index >= 15 is 0 Å². The number of nitrogens with two attached hydrogens (primary N) is 1. The molecule has 2 saturated heterocycles. The van der Waals surface area contributed by atoms with Gasteiger partial charge in [0, 0.05) is 30.9 Å². The molecule has 0 radical (unpaired) electrons. The lowest BCUT2D eigenvalue weighted by Gasteiger charge is -2.40. The predicted molar refractivity (Wildman–Crippen MR) is 104 cm³/mol. The fourth-order valence-electron chi connectivity index (χ4n) is 3.64. The highest BCUT2D eigenvalue weighted by Crippen LogP contribution is 2.39. The van der Waals surface area contributed by atoms with Gasteiger partial charge in [0.25, 0.3) is 5.92 Å². The number of rotatable bonds is 3. The number of pyridine rings is 1. The van der Waals surface area contributed by atoms with E-state index in [0.29, 0.717) is 32.0 Å². The van der Waals surface area contributed by atoms with Crippen LogP contribution in [0.15, 0.2) is 18.3 Å². The Morgan fingerprint density at radius 3 is 2.29 bits per heavy atom. The molecule has 0 atom stereocenters. The Bertz CT molecular complexity index is 978. The van der Waals surface area contributed by atoms with Gasteiger partial charge in [-0.05, 0) is 25.8 Å². The van der Waals surface area contributed by atoms with Crippen molar-refractivity contribution < 1.29 is 27.1 Å². The van der Waals surface area contributed by atoms with Crippen molar-refractivity contribution in [3.8, 4) is 11.3 Å². The molecule has 2 aliphatic rings. The van der Waals surface area contributed by atoms with E-state index in [9.17, 15) is 27.1 Å². The van der Waals surface area contributed by atoms with Crippen LogP contribution in [-0.2, 0) is 6.18 Å². The minimum Gasteiger partial charge on any atom is -0.390 e. The lowest BCUT2D eigenvalue weighted by atomic mass is 9.94. The second kappa shape index (κ2) is 7.14. The molecule has 7 nitrogen and oxygen atoms in total. The summed E-state index contributed by atoms with van der Waals surface area (Å²) in [4.78, 5) is 15.4. The average Bonchev–Trinajstić information content (AvgIpc) is 2.65. The smallest absolute Gasteiger partial charge is 0.390 e. The number of halogens is 5. The molecule has 2 aromatic heterocycles. The summed E-state index contributed by atoms with van der Waals surface area (Å²) in [7, 11) is 0. The number of alkyl halides is 5. The second-order valence-electron chi connectivity index (χ2n) is 8.26. The fraction of sp³-hybridized carbons (Fsp3) is 0.526. The highest BCUT2D eigenvalue weighted by Gasteiger charge is 2.45. The molecule has 4 rings (SSSR count).